The molecule has 2 aromatic rings. The van der Waals surface area contributed by atoms with Gasteiger partial charge in [0.2, 0.25) is 0 Å². The Morgan fingerprint density at radius 1 is 1.12 bits per heavy atom. The fraction of sp³-hybridized carbons (Fsp3) is 0.235. The van der Waals surface area contributed by atoms with E-state index in [-0.39, 0.29) is 11.4 Å². The maximum Gasteiger partial charge on any atom is 0.412 e. The lowest BCUT2D eigenvalue weighted by atomic mass is 10.0. The normalized spacial score (nSPS) is 11.0. The standard InChI is InChI=1S/C17H19N3O4/c1-17(2,3)24-16(21)19-14-8-12(9-15(10-14)20(22)23)11-4-6-13(18)7-5-11/h4-10H,18H2,1-3H3,(H,19,21). The van der Waals surface area contributed by atoms with Gasteiger partial charge in [0.05, 0.1) is 10.6 Å². The smallest absolute Gasteiger partial charge is 0.412 e. The van der Waals surface area contributed by atoms with Gasteiger partial charge in [0.1, 0.15) is 5.60 Å². The third-order valence-corrected chi connectivity index (χ3v) is 3.02. The molecule has 0 aromatic heterocycles. The summed E-state index contributed by atoms with van der Waals surface area (Å²) < 4.78 is 5.17. The molecule has 3 N–H and O–H groups in total. The number of rotatable bonds is 3. The van der Waals surface area contributed by atoms with E-state index in [0.717, 1.165) is 5.56 Å². The number of carbonyl (C=O) groups excluding carboxylic acids is 1. The van der Waals surface area contributed by atoms with E-state index >= 15 is 0 Å². The van der Waals surface area contributed by atoms with Gasteiger partial charge in [-0.3, -0.25) is 15.4 Å². The van der Waals surface area contributed by atoms with Crippen LogP contribution in [0, 0.1) is 10.1 Å². The van der Waals surface area contributed by atoms with Crippen LogP contribution in [0.25, 0.3) is 11.1 Å². The molecule has 7 heteroatoms. The molecule has 0 unspecified atom stereocenters. The highest BCUT2D eigenvalue weighted by Gasteiger charge is 2.18. The monoisotopic (exact) mass is 329 g/mol. The Morgan fingerprint density at radius 2 is 1.75 bits per heavy atom. The number of benzene rings is 2. The SMILES string of the molecule is CC(C)(C)OC(=O)Nc1cc(-c2ccc(N)cc2)cc([N+](=O)[O-])c1. The molecule has 0 aliphatic rings. The molecule has 0 bridgehead atoms. The number of amides is 1. The molecule has 1 amide bonds. The van der Waals surface area contributed by atoms with E-state index in [4.69, 9.17) is 10.5 Å². The van der Waals surface area contributed by atoms with Crippen molar-refractivity contribution in [3.63, 3.8) is 0 Å². The molecule has 0 saturated heterocycles. The van der Waals surface area contributed by atoms with Crippen LogP contribution in [-0.4, -0.2) is 16.6 Å². The van der Waals surface area contributed by atoms with Crippen molar-refractivity contribution in [1.82, 2.24) is 0 Å². The number of hydrogen-bond donors (Lipinski definition) is 2. The molecule has 2 rings (SSSR count). The van der Waals surface area contributed by atoms with E-state index < -0.39 is 16.6 Å². The number of hydrogen-bond acceptors (Lipinski definition) is 5. The number of ether oxygens (including phenoxy) is 1. The number of carbonyl (C=O) groups is 1. The number of nitrogen functional groups attached to an aromatic ring is 1. The molecule has 0 radical (unpaired) electrons. The molecule has 0 spiro atoms. The van der Waals surface area contributed by atoms with Crippen LogP contribution in [-0.2, 0) is 4.74 Å². The van der Waals surface area contributed by atoms with Crippen LogP contribution >= 0.6 is 0 Å². The summed E-state index contributed by atoms with van der Waals surface area (Å²) in [5.41, 5.74) is 7.08. The summed E-state index contributed by atoms with van der Waals surface area (Å²) >= 11 is 0. The molecule has 0 saturated carbocycles. The molecule has 0 aliphatic carbocycles. The van der Waals surface area contributed by atoms with E-state index in [1.807, 2.05) is 0 Å². The maximum absolute atomic E-state index is 11.9. The lowest BCUT2D eigenvalue weighted by Gasteiger charge is -2.19. The average Bonchev–Trinajstić information content (AvgIpc) is 2.45. The summed E-state index contributed by atoms with van der Waals surface area (Å²) in [6, 6.07) is 11.3. The molecular formula is C17H19N3O4. The van der Waals surface area contributed by atoms with Crippen LogP contribution in [0.15, 0.2) is 42.5 Å². The lowest BCUT2D eigenvalue weighted by molar-refractivity contribution is -0.384. The highest BCUT2D eigenvalue weighted by Crippen LogP contribution is 2.29. The highest BCUT2D eigenvalue weighted by molar-refractivity contribution is 5.87. The number of nitro benzene ring substituents is 1. The van der Waals surface area contributed by atoms with Crippen LogP contribution in [0.3, 0.4) is 0 Å². The zero-order valence-corrected chi connectivity index (χ0v) is 13.7. The Hall–Kier alpha value is -3.09. The minimum absolute atomic E-state index is 0.129. The molecule has 0 aliphatic heterocycles. The van der Waals surface area contributed by atoms with E-state index in [2.05, 4.69) is 5.32 Å². The number of nitrogens with zero attached hydrogens (tertiary/aromatic N) is 1. The lowest BCUT2D eigenvalue weighted by Crippen LogP contribution is -2.27. The van der Waals surface area contributed by atoms with Crippen molar-refractivity contribution in [2.24, 2.45) is 0 Å². The fourth-order valence-electron chi connectivity index (χ4n) is 2.05. The van der Waals surface area contributed by atoms with E-state index in [0.29, 0.717) is 11.3 Å². The fourth-order valence-corrected chi connectivity index (χ4v) is 2.05. The quantitative estimate of drug-likeness (QED) is 0.498. The molecule has 126 valence electrons. The third kappa shape index (κ3) is 4.70. The number of nitro groups is 1. The molecule has 24 heavy (non-hydrogen) atoms. The van der Waals surface area contributed by atoms with Crippen molar-refractivity contribution in [2.75, 3.05) is 11.1 Å². The predicted molar refractivity (Wildman–Crippen MR) is 92.8 cm³/mol. The molecule has 7 nitrogen and oxygen atoms in total. The zero-order chi connectivity index (χ0) is 17.9. The summed E-state index contributed by atoms with van der Waals surface area (Å²) in [6.45, 7) is 5.21. The summed E-state index contributed by atoms with van der Waals surface area (Å²) in [7, 11) is 0. The summed E-state index contributed by atoms with van der Waals surface area (Å²) in [4.78, 5) is 22.5. The number of anilines is 2. The molecular weight excluding hydrogens is 310 g/mol. The van der Waals surface area contributed by atoms with Gasteiger partial charge >= 0.3 is 6.09 Å². The van der Waals surface area contributed by atoms with Gasteiger partial charge in [-0.15, -0.1) is 0 Å². The van der Waals surface area contributed by atoms with Crippen molar-refractivity contribution in [2.45, 2.75) is 26.4 Å². The van der Waals surface area contributed by atoms with Gasteiger partial charge in [-0.1, -0.05) is 12.1 Å². The number of non-ortho nitro benzene ring substituents is 1. The van der Waals surface area contributed by atoms with Crippen LogP contribution in [0.2, 0.25) is 0 Å². The van der Waals surface area contributed by atoms with Crippen LogP contribution in [0.4, 0.5) is 21.9 Å². The largest absolute Gasteiger partial charge is 0.444 e. The first-order valence-corrected chi connectivity index (χ1v) is 7.29. The number of nitrogens with one attached hydrogen (secondary N) is 1. The Labute approximate surface area is 139 Å². The van der Waals surface area contributed by atoms with Gasteiger partial charge < -0.3 is 10.5 Å². The average molecular weight is 329 g/mol. The Balaban J connectivity index is 2.36. The van der Waals surface area contributed by atoms with Crippen molar-refractivity contribution in [3.05, 3.63) is 52.6 Å². The maximum atomic E-state index is 11.9. The van der Waals surface area contributed by atoms with Gasteiger partial charge in [0, 0.05) is 17.8 Å². The van der Waals surface area contributed by atoms with E-state index in [9.17, 15) is 14.9 Å². The van der Waals surface area contributed by atoms with Crippen molar-refractivity contribution >= 4 is 23.2 Å². The van der Waals surface area contributed by atoms with Gasteiger partial charge in [0.25, 0.3) is 5.69 Å². The second-order valence-electron chi connectivity index (χ2n) is 6.27. The van der Waals surface area contributed by atoms with E-state index in [1.54, 1.807) is 51.1 Å². The summed E-state index contributed by atoms with van der Waals surface area (Å²) in [5.74, 6) is 0. The van der Waals surface area contributed by atoms with Crippen LogP contribution < -0.4 is 11.1 Å². The van der Waals surface area contributed by atoms with Crippen molar-refractivity contribution < 1.29 is 14.5 Å². The zero-order valence-electron chi connectivity index (χ0n) is 13.7. The van der Waals surface area contributed by atoms with Crippen molar-refractivity contribution in [1.29, 1.82) is 0 Å². The molecule has 0 heterocycles. The minimum atomic E-state index is -0.675. The Kier molecular flexibility index (Phi) is 4.73. The second-order valence-corrected chi connectivity index (χ2v) is 6.27. The molecule has 2 aromatic carbocycles. The van der Waals surface area contributed by atoms with Gasteiger partial charge in [-0.25, -0.2) is 4.79 Å². The first-order chi connectivity index (χ1) is 11.1. The topological polar surface area (TPSA) is 107 Å². The summed E-state index contributed by atoms with van der Waals surface area (Å²) in [6.07, 6.45) is -0.675. The van der Waals surface area contributed by atoms with Gasteiger partial charge in [0.15, 0.2) is 0 Å². The molecule has 0 atom stereocenters. The third-order valence-electron chi connectivity index (χ3n) is 3.02. The number of nitrogens with two attached hydrogens (primary N) is 1. The van der Waals surface area contributed by atoms with Gasteiger partial charge in [-0.05, 0) is 50.1 Å². The van der Waals surface area contributed by atoms with E-state index in [1.165, 1.54) is 12.1 Å². The predicted octanol–water partition coefficient (Wildman–Crippen LogP) is 4.19. The Bertz CT molecular complexity index is 764. The summed E-state index contributed by atoms with van der Waals surface area (Å²) in [5, 5.41) is 13.7. The molecule has 0 fully saturated rings. The highest BCUT2D eigenvalue weighted by atomic mass is 16.6. The first-order valence-electron chi connectivity index (χ1n) is 7.29. The van der Waals surface area contributed by atoms with Crippen LogP contribution in [0.5, 0.6) is 0 Å². The van der Waals surface area contributed by atoms with Crippen molar-refractivity contribution in [3.8, 4) is 11.1 Å². The first kappa shape index (κ1) is 17.3. The minimum Gasteiger partial charge on any atom is -0.444 e. The van der Waals surface area contributed by atoms with Gasteiger partial charge in [-0.2, -0.15) is 0 Å². The Morgan fingerprint density at radius 3 is 2.29 bits per heavy atom. The second kappa shape index (κ2) is 6.57. The van der Waals surface area contributed by atoms with Crippen LogP contribution in [0.1, 0.15) is 20.8 Å².